The van der Waals surface area contributed by atoms with E-state index in [0.717, 1.165) is 24.9 Å². The van der Waals surface area contributed by atoms with Gasteiger partial charge < -0.3 is 9.88 Å². The molecule has 1 aliphatic carbocycles. The van der Waals surface area contributed by atoms with Gasteiger partial charge in [0, 0.05) is 18.9 Å². The van der Waals surface area contributed by atoms with E-state index in [9.17, 15) is 0 Å². The third-order valence-electron chi connectivity index (χ3n) is 3.65. The van der Waals surface area contributed by atoms with Gasteiger partial charge in [-0.1, -0.05) is 18.6 Å². The molecule has 0 saturated carbocycles. The molecule has 1 heterocycles. The topological polar surface area (TPSA) is 29.9 Å². The molecule has 0 fully saturated rings. The minimum Gasteiger partial charge on any atom is -0.337 e. The van der Waals surface area contributed by atoms with Crippen LogP contribution in [0.4, 0.5) is 0 Å². The van der Waals surface area contributed by atoms with Crippen LogP contribution in [0.1, 0.15) is 33.1 Å². The van der Waals surface area contributed by atoms with Gasteiger partial charge in [-0.25, -0.2) is 4.98 Å². The Kier molecular flexibility index (Phi) is 5.00. The normalized spacial score (nSPS) is 24.0. The molecule has 3 nitrogen and oxygen atoms in total. The van der Waals surface area contributed by atoms with Crippen LogP contribution in [-0.2, 0) is 6.54 Å². The van der Waals surface area contributed by atoms with Crippen molar-refractivity contribution in [3.05, 3.63) is 30.4 Å². The van der Waals surface area contributed by atoms with Crippen LogP contribution in [0.5, 0.6) is 0 Å². The summed E-state index contributed by atoms with van der Waals surface area (Å²) in [5.74, 6) is 1.59. The third-order valence-corrected chi connectivity index (χ3v) is 3.65. The van der Waals surface area contributed by atoms with Crippen molar-refractivity contribution < 1.29 is 0 Å². The summed E-state index contributed by atoms with van der Waals surface area (Å²) in [4.78, 5) is 4.05. The van der Waals surface area contributed by atoms with Crippen LogP contribution < -0.4 is 5.32 Å². The maximum absolute atomic E-state index is 4.05. The van der Waals surface area contributed by atoms with Gasteiger partial charge in [-0.2, -0.15) is 0 Å². The highest BCUT2D eigenvalue weighted by molar-refractivity contribution is 5.06. The van der Waals surface area contributed by atoms with Gasteiger partial charge in [0.1, 0.15) is 0 Å². The van der Waals surface area contributed by atoms with Crippen molar-refractivity contribution >= 4 is 0 Å². The summed E-state index contributed by atoms with van der Waals surface area (Å²) in [5, 5.41) is 3.60. The molecular formula is C15H25N3. The number of aryl methyl sites for hydroxylation is 1. The molecule has 1 aliphatic rings. The average molecular weight is 247 g/mol. The molecule has 18 heavy (non-hydrogen) atoms. The fourth-order valence-electron chi connectivity index (χ4n) is 2.95. The predicted molar refractivity (Wildman–Crippen MR) is 75.4 cm³/mol. The average Bonchev–Trinajstić information content (AvgIpc) is 2.80. The maximum Gasteiger partial charge on any atom is 0.0945 e. The van der Waals surface area contributed by atoms with Gasteiger partial charge in [0.05, 0.1) is 6.33 Å². The van der Waals surface area contributed by atoms with Gasteiger partial charge >= 0.3 is 0 Å². The predicted octanol–water partition coefficient (Wildman–Crippen LogP) is 2.86. The first-order chi connectivity index (χ1) is 8.74. The minimum absolute atomic E-state index is 0.761. The molecule has 0 saturated heterocycles. The van der Waals surface area contributed by atoms with Crippen LogP contribution in [0.25, 0.3) is 0 Å². The first-order valence-corrected chi connectivity index (χ1v) is 7.08. The molecule has 0 bridgehead atoms. The van der Waals surface area contributed by atoms with E-state index in [0.29, 0.717) is 0 Å². The van der Waals surface area contributed by atoms with Gasteiger partial charge in [-0.3, -0.25) is 0 Å². The second kappa shape index (κ2) is 6.74. The van der Waals surface area contributed by atoms with Crippen LogP contribution in [0.15, 0.2) is 30.4 Å². The van der Waals surface area contributed by atoms with Gasteiger partial charge in [0.25, 0.3) is 0 Å². The summed E-state index contributed by atoms with van der Waals surface area (Å²) in [6.45, 7) is 7.93. The monoisotopic (exact) mass is 247 g/mol. The highest BCUT2D eigenvalue weighted by Gasteiger charge is 2.17. The minimum atomic E-state index is 0.761. The Morgan fingerprint density at radius 1 is 1.50 bits per heavy atom. The summed E-state index contributed by atoms with van der Waals surface area (Å²) >= 11 is 0. The third kappa shape index (κ3) is 4.30. The van der Waals surface area contributed by atoms with Crippen LogP contribution in [0, 0.1) is 11.8 Å². The quantitative estimate of drug-likeness (QED) is 0.619. The molecular weight excluding hydrogens is 222 g/mol. The number of hydrogen-bond acceptors (Lipinski definition) is 2. The van der Waals surface area contributed by atoms with Gasteiger partial charge in [-0.15, -0.1) is 0 Å². The van der Waals surface area contributed by atoms with Crippen LogP contribution in [0.2, 0.25) is 0 Å². The lowest BCUT2D eigenvalue weighted by Gasteiger charge is -2.25. The molecule has 2 rings (SSSR count). The molecule has 2 unspecified atom stereocenters. The van der Waals surface area contributed by atoms with E-state index in [1.807, 2.05) is 18.7 Å². The summed E-state index contributed by atoms with van der Waals surface area (Å²) in [6, 6.07) is 0. The molecule has 1 aromatic heterocycles. The molecule has 100 valence electrons. The second-order valence-corrected chi connectivity index (χ2v) is 5.65. The largest absolute Gasteiger partial charge is 0.337 e. The number of nitrogens with zero attached hydrogens (tertiary/aromatic N) is 2. The van der Waals surface area contributed by atoms with Crippen molar-refractivity contribution in [2.45, 2.75) is 39.7 Å². The van der Waals surface area contributed by atoms with Crippen molar-refractivity contribution in [2.75, 3.05) is 13.1 Å². The molecule has 0 spiro atoms. The zero-order chi connectivity index (χ0) is 12.8. The Morgan fingerprint density at radius 3 is 3.11 bits per heavy atom. The molecule has 0 aliphatic heterocycles. The Balaban J connectivity index is 1.57. The van der Waals surface area contributed by atoms with Crippen molar-refractivity contribution in [1.82, 2.24) is 14.9 Å². The van der Waals surface area contributed by atoms with Crippen LogP contribution in [-0.4, -0.2) is 22.6 Å². The van der Waals surface area contributed by atoms with Crippen LogP contribution in [0.3, 0.4) is 0 Å². The number of allylic oxidation sites excluding steroid dienone is 2. The van der Waals surface area contributed by atoms with Crippen molar-refractivity contribution in [3.8, 4) is 0 Å². The Bertz CT molecular complexity index is 367. The van der Waals surface area contributed by atoms with E-state index in [1.54, 1.807) is 5.57 Å². The molecule has 0 radical (unpaired) electrons. The molecule has 3 heteroatoms. The molecule has 2 atom stereocenters. The van der Waals surface area contributed by atoms with Crippen molar-refractivity contribution in [3.63, 3.8) is 0 Å². The van der Waals surface area contributed by atoms with E-state index in [4.69, 9.17) is 0 Å². The SMILES string of the molecule is CC1=CC(C)CC(CNCCCn2ccnc2)C1. The summed E-state index contributed by atoms with van der Waals surface area (Å²) in [7, 11) is 0. The highest BCUT2D eigenvalue weighted by Crippen LogP contribution is 2.27. The maximum atomic E-state index is 4.05. The number of rotatable bonds is 6. The van der Waals surface area contributed by atoms with Gasteiger partial charge in [0.15, 0.2) is 0 Å². The number of nitrogens with one attached hydrogen (secondary N) is 1. The molecule has 1 N–H and O–H groups in total. The van der Waals surface area contributed by atoms with E-state index in [1.165, 1.54) is 25.8 Å². The number of hydrogen-bond donors (Lipinski definition) is 1. The van der Waals surface area contributed by atoms with E-state index >= 15 is 0 Å². The lowest BCUT2D eigenvalue weighted by Crippen LogP contribution is -2.27. The summed E-state index contributed by atoms with van der Waals surface area (Å²) in [6.07, 6.45) is 12.0. The summed E-state index contributed by atoms with van der Waals surface area (Å²) < 4.78 is 2.14. The van der Waals surface area contributed by atoms with E-state index < -0.39 is 0 Å². The number of imidazole rings is 1. The van der Waals surface area contributed by atoms with Crippen molar-refractivity contribution in [2.24, 2.45) is 11.8 Å². The summed E-state index contributed by atoms with van der Waals surface area (Å²) in [5.41, 5.74) is 1.57. The lowest BCUT2D eigenvalue weighted by molar-refractivity contribution is 0.379. The molecule has 0 amide bonds. The zero-order valence-electron chi connectivity index (χ0n) is 11.6. The zero-order valence-corrected chi connectivity index (χ0v) is 11.6. The molecule has 0 aromatic carbocycles. The van der Waals surface area contributed by atoms with Gasteiger partial charge in [0.2, 0.25) is 0 Å². The Hall–Kier alpha value is -1.09. The Labute approximate surface area is 110 Å². The number of aromatic nitrogens is 2. The first-order valence-electron chi connectivity index (χ1n) is 7.08. The fraction of sp³-hybridized carbons (Fsp3) is 0.667. The molecule has 1 aromatic rings. The van der Waals surface area contributed by atoms with Crippen LogP contribution >= 0.6 is 0 Å². The van der Waals surface area contributed by atoms with Gasteiger partial charge in [-0.05, 0) is 51.1 Å². The van der Waals surface area contributed by atoms with Crippen molar-refractivity contribution in [1.29, 1.82) is 0 Å². The fourth-order valence-corrected chi connectivity index (χ4v) is 2.95. The standard InChI is InChI=1S/C15H25N3/c1-13-8-14(2)10-15(9-13)11-16-4-3-6-18-7-5-17-12-18/h5,7-8,12-13,15-16H,3-4,6,9-11H2,1-2H3. The second-order valence-electron chi connectivity index (χ2n) is 5.65. The first kappa shape index (κ1) is 13.3. The lowest BCUT2D eigenvalue weighted by atomic mass is 9.84. The Morgan fingerprint density at radius 2 is 2.39 bits per heavy atom. The van der Waals surface area contributed by atoms with E-state index in [2.05, 4.69) is 34.8 Å². The smallest absolute Gasteiger partial charge is 0.0945 e. The highest BCUT2D eigenvalue weighted by atomic mass is 15.0. The van der Waals surface area contributed by atoms with E-state index in [-0.39, 0.29) is 0 Å².